The van der Waals surface area contributed by atoms with E-state index in [9.17, 15) is 12.8 Å². The molecule has 21 heavy (non-hydrogen) atoms. The van der Waals surface area contributed by atoms with Crippen LogP contribution in [0.4, 0.5) is 4.39 Å². The summed E-state index contributed by atoms with van der Waals surface area (Å²) in [5, 5.41) is 0.663. The molecule has 0 aliphatic rings. The van der Waals surface area contributed by atoms with Crippen molar-refractivity contribution in [3.8, 4) is 0 Å². The van der Waals surface area contributed by atoms with Gasteiger partial charge in [-0.1, -0.05) is 18.2 Å². The topological polar surface area (TPSA) is 59.1 Å². The van der Waals surface area contributed by atoms with E-state index in [0.29, 0.717) is 5.01 Å². The highest BCUT2D eigenvalue weighted by Gasteiger charge is 2.15. The fourth-order valence-electron chi connectivity index (χ4n) is 1.87. The maximum absolute atomic E-state index is 13.1. The molecular formula is C14H11FN2O2S2. The number of halogens is 1. The summed E-state index contributed by atoms with van der Waals surface area (Å²) < 4.78 is 40.7. The van der Waals surface area contributed by atoms with E-state index in [1.54, 1.807) is 0 Å². The Labute approximate surface area is 125 Å². The van der Waals surface area contributed by atoms with Crippen LogP contribution in [-0.4, -0.2) is 13.4 Å². The van der Waals surface area contributed by atoms with Crippen molar-refractivity contribution in [2.75, 3.05) is 0 Å². The summed E-state index contributed by atoms with van der Waals surface area (Å²) >= 11 is 1.42. The predicted octanol–water partition coefficient (Wildman–Crippen LogP) is 2.91. The molecule has 0 atom stereocenters. The van der Waals surface area contributed by atoms with E-state index in [1.807, 2.05) is 24.3 Å². The largest absolute Gasteiger partial charge is 0.241 e. The highest BCUT2D eigenvalue weighted by Crippen LogP contribution is 2.21. The number of sulfonamides is 1. The molecule has 2 aromatic carbocycles. The molecule has 0 saturated carbocycles. The number of hydrogen-bond donors (Lipinski definition) is 1. The number of nitrogens with one attached hydrogen (secondary N) is 1. The lowest BCUT2D eigenvalue weighted by Crippen LogP contribution is -2.23. The lowest BCUT2D eigenvalue weighted by Gasteiger charge is -2.04. The second kappa shape index (κ2) is 5.51. The molecule has 1 N–H and O–H groups in total. The third kappa shape index (κ3) is 3.10. The first-order valence-electron chi connectivity index (χ1n) is 6.14. The number of fused-ring (bicyclic) bond motifs is 1. The third-order valence-electron chi connectivity index (χ3n) is 2.86. The van der Waals surface area contributed by atoms with Gasteiger partial charge in [0, 0.05) is 0 Å². The Morgan fingerprint density at radius 2 is 1.95 bits per heavy atom. The highest BCUT2D eigenvalue weighted by atomic mass is 32.2. The van der Waals surface area contributed by atoms with Gasteiger partial charge in [0.25, 0.3) is 0 Å². The summed E-state index contributed by atoms with van der Waals surface area (Å²) in [6.45, 7) is 0.0815. The van der Waals surface area contributed by atoms with E-state index < -0.39 is 15.8 Å². The van der Waals surface area contributed by atoms with Crippen LogP contribution in [-0.2, 0) is 16.6 Å². The smallest absolute Gasteiger partial charge is 0.240 e. The Morgan fingerprint density at radius 1 is 1.14 bits per heavy atom. The lowest BCUT2D eigenvalue weighted by molar-refractivity contribution is 0.577. The van der Waals surface area contributed by atoms with Crippen LogP contribution in [0, 0.1) is 5.82 Å². The molecule has 0 saturated heterocycles. The average Bonchev–Trinajstić information content (AvgIpc) is 2.88. The molecule has 3 aromatic rings. The summed E-state index contributed by atoms with van der Waals surface area (Å²) in [6, 6.07) is 12.5. The van der Waals surface area contributed by atoms with Gasteiger partial charge in [-0.2, -0.15) is 0 Å². The zero-order valence-corrected chi connectivity index (χ0v) is 12.4. The first-order valence-corrected chi connectivity index (χ1v) is 8.44. The monoisotopic (exact) mass is 322 g/mol. The summed E-state index contributed by atoms with van der Waals surface area (Å²) in [4.78, 5) is 4.25. The first-order chi connectivity index (χ1) is 10.0. The minimum absolute atomic E-state index is 0.0815. The molecule has 1 aromatic heterocycles. The number of aromatic nitrogens is 1. The van der Waals surface area contributed by atoms with E-state index in [2.05, 4.69) is 9.71 Å². The maximum Gasteiger partial charge on any atom is 0.241 e. The standard InChI is InChI=1S/C14H11FN2O2S2/c15-10-4-3-5-11(8-10)21(18,19)16-9-14-17-12-6-1-2-7-13(12)20-14/h1-8,16H,9H2. The normalized spacial score (nSPS) is 11.9. The zero-order chi connectivity index (χ0) is 14.9. The summed E-state index contributed by atoms with van der Waals surface area (Å²) in [5.74, 6) is -0.585. The molecule has 1 heterocycles. The number of para-hydroxylation sites is 1. The number of rotatable bonds is 4. The number of benzene rings is 2. The van der Waals surface area contributed by atoms with Crippen molar-refractivity contribution in [3.63, 3.8) is 0 Å². The van der Waals surface area contributed by atoms with Gasteiger partial charge in [-0.3, -0.25) is 0 Å². The molecule has 0 unspecified atom stereocenters. The molecule has 0 amide bonds. The second-order valence-electron chi connectivity index (χ2n) is 4.36. The molecule has 7 heteroatoms. The molecule has 0 aliphatic carbocycles. The molecule has 0 radical (unpaired) electrons. The van der Waals surface area contributed by atoms with Gasteiger partial charge >= 0.3 is 0 Å². The predicted molar refractivity (Wildman–Crippen MR) is 80.0 cm³/mol. The fraction of sp³-hybridized carbons (Fsp3) is 0.0714. The Kier molecular flexibility index (Phi) is 3.71. The van der Waals surface area contributed by atoms with Crippen LogP contribution in [0.1, 0.15) is 5.01 Å². The van der Waals surface area contributed by atoms with Crippen LogP contribution in [0.15, 0.2) is 53.4 Å². The van der Waals surface area contributed by atoms with E-state index in [4.69, 9.17) is 0 Å². The fourth-order valence-corrected chi connectivity index (χ4v) is 3.89. The van der Waals surface area contributed by atoms with Gasteiger partial charge in [0.2, 0.25) is 10.0 Å². The zero-order valence-electron chi connectivity index (χ0n) is 10.8. The van der Waals surface area contributed by atoms with Gasteiger partial charge < -0.3 is 0 Å². The number of nitrogens with zero attached hydrogens (tertiary/aromatic N) is 1. The SMILES string of the molecule is O=S(=O)(NCc1nc2ccccc2s1)c1cccc(F)c1. The molecule has 0 fully saturated rings. The van der Waals surface area contributed by atoms with Crippen LogP contribution in [0.5, 0.6) is 0 Å². The molecule has 0 aliphatic heterocycles. The van der Waals surface area contributed by atoms with Crippen molar-refractivity contribution in [2.24, 2.45) is 0 Å². The van der Waals surface area contributed by atoms with Gasteiger partial charge in [0.05, 0.1) is 21.7 Å². The Balaban J connectivity index is 1.80. The van der Waals surface area contributed by atoms with E-state index in [0.717, 1.165) is 16.3 Å². The van der Waals surface area contributed by atoms with E-state index >= 15 is 0 Å². The molecule has 4 nitrogen and oxygen atoms in total. The van der Waals surface area contributed by atoms with Crippen LogP contribution < -0.4 is 4.72 Å². The van der Waals surface area contributed by atoms with Crippen molar-refractivity contribution in [2.45, 2.75) is 11.4 Å². The maximum atomic E-state index is 13.1. The van der Waals surface area contributed by atoms with Crippen molar-refractivity contribution in [3.05, 3.63) is 59.4 Å². The van der Waals surface area contributed by atoms with Crippen molar-refractivity contribution in [1.29, 1.82) is 0 Å². The van der Waals surface area contributed by atoms with Gasteiger partial charge in [0.1, 0.15) is 10.8 Å². The molecule has 0 spiro atoms. The van der Waals surface area contributed by atoms with E-state index in [1.165, 1.54) is 29.5 Å². The van der Waals surface area contributed by atoms with Crippen LogP contribution in [0.25, 0.3) is 10.2 Å². The minimum Gasteiger partial charge on any atom is -0.240 e. The Bertz CT molecular complexity index is 858. The summed E-state index contributed by atoms with van der Waals surface area (Å²) in [5.41, 5.74) is 0.836. The van der Waals surface area contributed by atoms with Gasteiger partial charge in [-0.05, 0) is 30.3 Å². The minimum atomic E-state index is -3.74. The molecule has 3 rings (SSSR count). The molecular weight excluding hydrogens is 311 g/mol. The molecule has 108 valence electrons. The molecule has 0 bridgehead atoms. The highest BCUT2D eigenvalue weighted by molar-refractivity contribution is 7.89. The van der Waals surface area contributed by atoms with Crippen LogP contribution >= 0.6 is 11.3 Å². The van der Waals surface area contributed by atoms with Gasteiger partial charge in [-0.15, -0.1) is 11.3 Å². The van der Waals surface area contributed by atoms with Crippen LogP contribution in [0.2, 0.25) is 0 Å². The van der Waals surface area contributed by atoms with Gasteiger partial charge in [0.15, 0.2) is 0 Å². The van der Waals surface area contributed by atoms with E-state index in [-0.39, 0.29) is 11.4 Å². The number of hydrogen-bond acceptors (Lipinski definition) is 4. The Hall–Kier alpha value is -1.83. The van der Waals surface area contributed by atoms with Crippen molar-refractivity contribution >= 4 is 31.6 Å². The second-order valence-corrected chi connectivity index (χ2v) is 7.24. The van der Waals surface area contributed by atoms with Crippen LogP contribution in [0.3, 0.4) is 0 Å². The Morgan fingerprint density at radius 3 is 2.71 bits per heavy atom. The first kappa shape index (κ1) is 14.1. The van der Waals surface area contributed by atoms with Crippen molar-refractivity contribution in [1.82, 2.24) is 9.71 Å². The third-order valence-corrected chi connectivity index (χ3v) is 5.29. The van der Waals surface area contributed by atoms with Crippen molar-refractivity contribution < 1.29 is 12.8 Å². The quantitative estimate of drug-likeness (QED) is 0.803. The lowest BCUT2D eigenvalue weighted by atomic mass is 10.3. The summed E-state index contributed by atoms with van der Waals surface area (Å²) in [7, 11) is -3.74. The number of thiazole rings is 1. The average molecular weight is 322 g/mol. The summed E-state index contributed by atoms with van der Waals surface area (Å²) in [6.07, 6.45) is 0. The van der Waals surface area contributed by atoms with Gasteiger partial charge in [-0.25, -0.2) is 22.5 Å².